The van der Waals surface area contributed by atoms with Gasteiger partial charge in [0.15, 0.2) is 0 Å². The molecule has 7 nitrogen and oxygen atoms in total. The highest BCUT2D eigenvalue weighted by Crippen LogP contribution is 2.36. The third kappa shape index (κ3) is 3.48. The molecule has 27 heavy (non-hydrogen) atoms. The largest absolute Gasteiger partial charge is 0.494 e. The van der Waals surface area contributed by atoms with Gasteiger partial charge in [-0.1, -0.05) is 23.8 Å². The van der Waals surface area contributed by atoms with Crippen LogP contribution in [-0.2, 0) is 6.54 Å². The molecule has 2 amide bonds. The lowest BCUT2D eigenvalue weighted by Crippen LogP contribution is -1.98. The molecule has 0 aliphatic carbocycles. The van der Waals surface area contributed by atoms with E-state index in [2.05, 4.69) is 16.8 Å². The summed E-state index contributed by atoms with van der Waals surface area (Å²) >= 11 is 0. The number of aromatic hydroxyl groups is 2. The molecule has 0 radical (unpaired) electrons. The molecule has 7 heteroatoms. The third-order valence-electron chi connectivity index (χ3n) is 4.10. The Hall–Kier alpha value is -3.74. The number of allylic oxidation sites excluding steroid dienone is 1. The molecule has 0 saturated carbocycles. The molecule has 0 unspecified atom stereocenters. The number of aromatic nitrogens is 1. The topological polar surface area (TPSA) is 104 Å². The van der Waals surface area contributed by atoms with Crippen LogP contribution in [0, 0.1) is 6.92 Å². The van der Waals surface area contributed by atoms with Crippen molar-refractivity contribution in [2.24, 2.45) is 10.2 Å². The van der Waals surface area contributed by atoms with E-state index in [1.807, 2.05) is 6.92 Å². The number of aryl methyl sites for hydroxylation is 1. The van der Waals surface area contributed by atoms with Crippen molar-refractivity contribution in [3.8, 4) is 11.8 Å². The van der Waals surface area contributed by atoms with Gasteiger partial charge in [-0.3, -0.25) is 14.2 Å². The van der Waals surface area contributed by atoms with E-state index in [9.17, 15) is 19.8 Å². The van der Waals surface area contributed by atoms with Gasteiger partial charge in [0.2, 0.25) is 11.8 Å². The maximum absolute atomic E-state index is 12.2. The molecule has 0 aliphatic rings. The Bertz CT molecular complexity index is 1080. The van der Waals surface area contributed by atoms with Crippen molar-refractivity contribution in [1.29, 1.82) is 0 Å². The minimum Gasteiger partial charge on any atom is -0.494 e. The lowest BCUT2D eigenvalue weighted by molar-refractivity contribution is 0.0947. The second kappa shape index (κ2) is 7.25. The standard InChI is InChI=1S/C20H17N3O4/c1-3-10-23-19(26)15-9-8-14(11-16(15)20(23)27)18(25)22-21-17(24)13-6-4-12(2)5-7-13/h3-9,11,26-27H,1,10H2,2H3. The van der Waals surface area contributed by atoms with Gasteiger partial charge in [0.25, 0.3) is 11.8 Å². The Morgan fingerprint density at radius 2 is 1.52 bits per heavy atom. The van der Waals surface area contributed by atoms with Crippen LogP contribution in [0.2, 0.25) is 0 Å². The Morgan fingerprint density at radius 1 is 0.963 bits per heavy atom. The number of fused-ring (bicyclic) bond motifs is 1. The van der Waals surface area contributed by atoms with E-state index in [4.69, 9.17) is 0 Å². The molecule has 1 heterocycles. The highest BCUT2D eigenvalue weighted by Gasteiger charge is 2.17. The molecule has 0 atom stereocenters. The van der Waals surface area contributed by atoms with Gasteiger partial charge in [0, 0.05) is 28.4 Å². The summed E-state index contributed by atoms with van der Waals surface area (Å²) in [5, 5.41) is 28.0. The molecule has 2 aromatic carbocycles. The summed E-state index contributed by atoms with van der Waals surface area (Å²) in [6.45, 7) is 5.67. The molecule has 136 valence electrons. The zero-order chi connectivity index (χ0) is 19.6. The average Bonchev–Trinajstić information content (AvgIpc) is 2.91. The SMILES string of the molecule is C=CCn1c(O)c2ccc(C(=O)N=NC(=O)c3ccc(C)cc3)cc2c1O. The van der Waals surface area contributed by atoms with Crippen LogP contribution in [0.3, 0.4) is 0 Å². The minimum atomic E-state index is -0.729. The zero-order valence-electron chi connectivity index (χ0n) is 14.6. The molecule has 1 aromatic heterocycles. The molecule has 0 spiro atoms. The zero-order valence-corrected chi connectivity index (χ0v) is 14.6. The lowest BCUT2D eigenvalue weighted by atomic mass is 10.1. The van der Waals surface area contributed by atoms with Gasteiger partial charge in [-0.25, -0.2) is 0 Å². The summed E-state index contributed by atoms with van der Waals surface area (Å²) in [7, 11) is 0. The van der Waals surface area contributed by atoms with Gasteiger partial charge in [-0.15, -0.1) is 16.8 Å². The number of azo groups is 1. The fourth-order valence-electron chi connectivity index (χ4n) is 2.65. The van der Waals surface area contributed by atoms with E-state index >= 15 is 0 Å². The second-order valence-corrected chi connectivity index (χ2v) is 5.98. The van der Waals surface area contributed by atoms with E-state index in [0.29, 0.717) is 16.3 Å². The predicted molar refractivity (Wildman–Crippen MR) is 100 cm³/mol. The van der Waals surface area contributed by atoms with E-state index in [0.717, 1.165) is 5.56 Å². The summed E-state index contributed by atoms with van der Waals surface area (Å²) in [6, 6.07) is 11.1. The quantitative estimate of drug-likeness (QED) is 0.540. The monoisotopic (exact) mass is 363 g/mol. The molecular weight excluding hydrogens is 346 g/mol. The van der Waals surface area contributed by atoms with Gasteiger partial charge in [0.1, 0.15) is 0 Å². The van der Waals surface area contributed by atoms with Crippen molar-refractivity contribution in [3.63, 3.8) is 0 Å². The molecule has 0 saturated heterocycles. The fraction of sp³-hybridized carbons (Fsp3) is 0.100. The van der Waals surface area contributed by atoms with Crippen LogP contribution in [0.25, 0.3) is 10.8 Å². The van der Waals surface area contributed by atoms with Crippen molar-refractivity contribution in [1.82, 2.24) is 4.57 Å². The highest BCUT2D eigenvalue weighted by atomic mass is 16.3. The Balaban J connectivity index is 1.87. The van der Waals surface area contributed by atoms with Gasteiger partial charge >= 0.3 is 0 Å². The summed E-state index contributed by atoms with van der Waals surface area (Å²) in [5.74, 6) is -1.67. The lowest BCUT2D eigenvalue weighted by Gasteiger charge is -2.01. The first-order chi connectivity index (χ1) is 12.9. The number of carbonyl (C=O) groups excluding carboxylic acids is 2. The van der Waals surface area contributed by atoms with Gasteiger partial charge in [-0.05, 0) is 37.3 Å². The Labute approximate surface area is 154 Å². The van der Waals surface area contributed by atoms with Gasteiger partial charge in [-0.2, -0.15) is 0 Å². The number of amides is 2. The Kier molecular flexibility index (Phi) is 4.85. The van der Waals surface area contributed by atoms with Crippen LogP contribution in [-0.4, -0.2) is 26.6 Å². The van der Waals surface area contributed by atoms with E-state index in [-0.39, 0.29) is 23.9 Å². The van der Waals surface area contributed by atoms with Gasteiger partial charge in [0.05, 0.1) is 0 Å². The van der Waals surface area contributed by atoms with E-state index < -0.39 is 11.8 Å². The third-order valence-corrected chi connectivity index (χ3v) is 4.10. The number of carbonyl (C=O) groups is 2. The van der Waals surface area contributed by atoms with Crippen molar-refractivity contribution >= 4 is 22.6 Å². The molecule has 0 bridgehead atoms. The molecule has 0 fully saturated rings. The van der Waals surface area contributed by atoms with Crippen molar-refractivity contribution in [3.05, 3.63) is 71.8 Å². The molecule has 0 aliphatic heterocycles. The van der Waals surface area contributed by atoms with E-state index in [1.165, 1.54) is 28.8 Å². The molecule has 3 rings (SSSR count). The summed E-state index contributed by atoms with van der Waals surface area (Å²) in [5.41, 5.74) is 1.46. The molecule has 3 aromatic rings. The van der Waals surface area contributed by atoms with E-state index in [1.54, 1.807) is 24.3 Å². The van der Waals surface area contributed by atoms with Crippen LogP contribution in [0.15, 0.2) is 65.3 Å². The number of benzene rings is 2. The summed E-state index contributed by atoms with van der Waals surface area (Å²) in [4.78, 5) is 24.2. The predicted octanol–water partition coefficient (Wildman–Crippen LogP) is 3.98. The smallest absolute Gasteiger partial charge is 0.295 e. The first-order valence-corrected chi connectivity index (χ1v) is 8.14. The minimum absolute atomic E-state index is 0.127. The number of rotatable bonds is 4. The normalized spacial score (nSPS) is 11.1. The maximum atomic E-state index is 12.2. The van der Waals surface area contributed by atoms with Crippen molar-refractivity contribution in [2.45, 2.75) is 13.5 Å². The van der Waals surface area contributed by atoms with Crippen LogP contribution in [0.1, 0.15) is 26.3 Å². The summed E-state index contributed by atoms with van der Waals surface area (Å²) < 4.78 is 1.26. The van der Waals surface area contributed by atoms with Crippen LogP contribution >= 0.6 is 0 Å². The number of hydrogen-bond acceptors (Lipinski definition) is 4. The highest BCUT2D eigenvalue weighted by molar-refractivity contribution is 6.03. The Morgan fingerprint density at radius 3 is 2.15 bits per heavy atom. The summed E-state index contributed by atoms with van der Waals surface area (Å²) in [6.07, 6.45) is 1.52. The van der Waals surface area contributed by atoms with Crippen molar-refractivity contribution in [2.75, 3.05) is 0 Å². The van der Waals surface area contributed by atoms with Crippen LogP contribution in [0.4, 0.5) is 0 Å². The number of nitrogens with zero attached hydrogens (tertiary/aromatic N) is 3. The van der Waals surface area contributed by atoms with Crippen LogP contribution in [0.5, 0.6) is 11.8 Å². The first kappa shape index (κ1) is 18.1. The van der Waals surface area contributed by atoms with Gasteiger partial charge < -0.3 is 10.2 Å². The van der Waals surface area contributed by atoms with Crippen LogP contribution < -0.4 is 0 Å². The molecule has 2 N–H and O–H groups in total. The molecular formula is C20H17N3O4. The fourth-order valence-corrected chi connectivity index (χ4v) is 2.65. The van der Waals surface area contributed by atoms with Crippen molar-refractivity contribution < 1.29 is 19.8 Å². The average molecular weight is 363 g/mol. The maximum Gasteiger partial charge on any atom is 0.295 e. The second-order valence-electron chi connectivity index (χ2n) is 5.98. The first-order valence-electron chi connectivity index (χ1n) is 8.14. The number of hydrogen-bond donors (Lipinski definition) is 2.